The van der Waals surface area contributed by atoms with Crippen LogP contribution in [0.15, 0.2) is 30.3 Å². The summed E-state index contributed by atoms with van der Waals surface area (Å²) in [5, 5.41) is 0. The van der Waals surface area contributed by atoms with E-state index in [0.29, 0.717) is 12.6 Å². The number of amides is 2. The number of likely N-dealkylation sites (tertiary alicyclic amines) is 1. The molecular weight excluding hydrogens is 354 g/mol. The molecule has 3 atom stereocenters. The van der Waals surface area contributed by atoms with Gasteiger partial charge in [-0.1, -0.05) is 30.3 Å². The van der Waals surface area contributed by atoms with Crippen LogP contribution < -0.4 is 10.9 Å². The van der Waals surface area contributed by atoms with Gasteiger partial charge >= 0.3 is 0 Å². The van der Waals surface area contributed by atoms with Gasteiger partial charge in [-0.2, -0.15) is 0 Å². The van der Waals surface area contributed by atoms with Crippen molar-refractivity contribution in [2.75, 3.05) is 39.3 Å². The van der Waals surface area contributed by atoms with Gasteiger partial charge in [-0.15, -0.1) is 0 Å². The van der Waals surface area contributed by atoms with Gasteiger partial charge in [0.2, 0.25) is 11.8 Å². The monoisotopic (exact) mass is 385 g/mol. The Morgan fingerprint density at radius 2 is 1.82 bits per heavy atom. The summed E-state index contributed by atoms with van der Waals surface area (Å²) in [5.74, 6) is -0.130. The second-order valence-electron chi connectivity index (χ2n) is 8.51. The van der Waals surface area contributed by atoms with Crippen molar-refractivity contribution in [1.29, 1.82) is 0 Å². The number of piperazine rings is 1. The number of hydrogen-bond donors (Lipinski definition) is 2. The maximum atomic E-state index is 13.3. The van der Waals surface area contributed by atoms with Crippen molar-refractivity contribution in [3.8, 4) is 0 Å². The maximum Gasteiger partial charge on any atom is 0.240 e. The van der Waals surface area contributed by atoms with Gasteiger partial charge in [-0.25, -0.2) is 5.43 Å². The molecule has 152 valence electrons. The lowest BCUT2D eigenvalue weighted by atomic mass is 9.83. The summed E-state index contributed by atoms with van der Waals surface area (Å²) in [7, 11) is 0. The quantitative estimate of drug-likeness (QED) is 0.780. The van der Waals surface area contributed by atoms with Gasteiger partial charge < -0.3 is 4.90 Å². The molecule has 2 amide bonds. The van der Waals surface area contributed by atoms with E-state index in [-0.39, 0.29) is 29.7 Å². The molecule has 0 aliphatic carbocycles. The molecule has 0 radical (unpaired) electrons. The normalized spacial score (nSPS) is 29.0. The number of fused-ring (bicyclic) bond motifs is 1. The second-order valence-corrected chi connectivity index (χ2v) is 8.51. The molecular formula is C21H31N5O2. The number of piperidine rings is 1. The predicted molar refractivity (Wildman–Crippen MR) is 107 cm³/mol. The third kappa shape index (κ3) is 3.92. The predicted octanol–water partition coefficient (Wildman–Crippen LogP) is 0.290. The lowest BCUT2D eigenvalue weighted by Crippen LogP contribution is -2.60. The van der Waals surface area contributed by atoms with Crippen LogP contribution in [0.25, 0.3) is 0 Å². The highest BCUT2D eigenvalue weighted by atomic mass is 16.2. The van der Waals surface area contributed by atoms with E-state index in [1.165, 1.54) is 5.56 Å². The van der Waals surface area contributed by atoms with Crippen molar-refractivity contribution in [3.63, 3.8) is 0 Å². The van der Waals surface area contributed by atoms with E-state index >= 15 is 0 Å². The minimum atomic E-state index is -0.180. The molecule has 3 unspecified atom stereocenters. The van der Waals surface area contributed by atoms with Crippen LogP contribution >= 0.6 is 0 Å². The number of hydrazine groups is 1. The smallest absolute Gasteiger partial charge is 0.240 e. The summed E-state index contributed by atoms with van der Waals surface area (Å²) >= 11 is 0. The Morgan fingerprint density at radius 3 is 2.50 bits per heavy atom. The lowest BCUT2D eigenvalue weighted by molar-refractivity contribution is -0.141. The van der Waals surface area contributed by atoms with E-state index in [2.05, 4.69) is 58.8 Å². The van der Waals surface area contributed by atoms with Gasteiger partial charge in [0.05, 0.1) is 17.9 Å². The minimum Gasteiger partial charge on any atom is -0.340 e. The molecule has 1 aromatic carbocycles. The van der Waals surface area contributed by atoms with E-state index in [4.69, 9.17) is 0 Å². The number of benzene rings is 1. The Kier molecular flexibility index (Phi) is 5.66. The minimum absolute atomic E-state index is 0.0147. The van der Waals surface area contributed by atoms with Crippen molar-refractivity contribution >= 4 is 11.8 Å². The van der Waals surface area contributed by atoms with Gasteiger partial charge in [0, 0.05) is 51.9 Å². The van der Waals surface area contributed by atoms with E-state index < -0.39 is 0 Å². The average Bonchev–Trinajstić information content (AvgIpc) is 3.09. The Balaban J connectivity index is 1.38. The van der Waals surface area contributed by atoms with Crippen LogP contribution in [0.5, 0.6) is 0 Å². The largest absolute Gasteiger partial charge is 0.340 e. The van der Waals surface area contributed by atoms with Gasteiger partial charge in [-0.05, 0) is 19.4 Å². The first-order valence-corrected chi connectivity index (χ1v) is 10.4. The Hall–Kier alpha value is -1.96. The van der Waals surface area contributed by atoms with E-state index in [1.807, 2.05) is 11.0 Å². The first kappa shape index (κ1) is 19.4. The Labute approximate surface area is 167 Å². The highest BCUT2D eigenvalue weighted by molar-refractivity contribution is 5.86. The molecule has 3 heterocycles. The van der Waals surface area contributed by atoms with Crippen molar-refractivity contribution in [2.45, 2.75) is 32.5 Å². The van der Waals surface area contributed by atoms with Crippen molar-refractivity contribution < 1.29 is 9.59 Å². The maximum absolute atomic E-state index is 13.3. The van der Waals surface area contributed by atoms with Crippen molar-refractivity contribution in [1.82, 2.24) is 25.6 Å². The third-order valence-corrected chi connectivity index (χ3v) is 6.41. The molecule has 0 spiro atoms. The van der Waals surface area contributed by atoms with Crippen LogP contribution in [0.4, 0.5) is 0 Å². The molecule has 3 fully saturated rings. The zero-order valence-electron chi connectivity index (χ0n) is 16.8. The summed E-state index contributed by atoms with van der Waals surface area (Å²) in [6.07, 6.45) is 0. The first-order valence-electron chi connectivity index (χ1n) is 10.4. The van der Waals surface area contributed by atoms with Gasteiger partial charge in [0.25, 0.3) is 0 Å². The SMILES string of the molecule is CC(C)N1CC2C(=O)NNC2C(C(=O)N2CCN(Cc3ccccc3)CC2)C1. The molecule has 7 nitrogen and oxygen atoms in total. The topological polar surface area (TPSA) is 67.9 Å². The number of carbonyl (C=O) groups is 2. The summed E-state index contributed by atoms with van der Waals surface area (Å²) in [5.41, 5.74) is 7.15. The standard InChI is InChI=1S/C21H31N5O2/c1-15(2)26-13-17-19(22-23-20(17)27)18(14-26)21(28)25-10-8-24(9-11-25)12-16-6-4-3-5-7-16/h3-7,15,17-19,22H,8-14H2,1-2H3,(H,23,27). The first-order chi connectivity index (χ1) is 13.5. The fourth-order valence-corrected chi connectivity index (χ4v) is 4.64. The highest BCUT2D eigenvalue weighted by Crippen LogP contribution is 2.28. The number of rotatable bonds is 4. The molecule has 7 heteroatoms. The zero-order valence-corrected chi connectivity index (χ0v) is 16.8. The molecule has 2 N–H and O–H groups in total. The van der Waals surface area contributed by atoms with E-state index in [1.54, 1.807) is 0 Å². The number of nitrogens with one attached hydrogen (secondary N) is 2. The van der Waals surface area contributed by atoms with Crippen LogP contribution in [0.2, 0.25) is 0 Å². The van der Waals surface area contributed by atoms with Gasteiger partial charge in [-0.3, -0.25) is 24.8 Å². The second kappa shape index (κ2) is 8.19. The van der Waals surface area contributed by atoms with Crippen LogP contribution in [-0.4, -0.2) is 77.9 Å². The Bertz CT molecular complexity index is 702. The molecule has 1 aromatic rings. The van der Waals surface area contributed by atoms with Crippen LogP contribution in [0, 0.1) is 11.8 Å². The van der Waals surface area contributed by atoms with Gasteiger partial charge in [0.1, 0.15) is 0 Å². The number of hydrogen-bond acceptors (Lipinski definition) is 5. The summed E-state index contributed by atoms with van der Waals surface area (Å²) in [6.45, 7) is 9.90. The molecule has 3 aliphatic heterocycles. The van der Waals surface area contributed by atoms with Gasteiger partial charge in [0.15, 0.2) is 0 Å². The molecule has 0 saturated carbocycles. The van der Waals surface area contributed by atoms with Crippen molar-refractivity contribution in [2.24, 2.45) is 11.8 Å². The van der Waals surface area contributed by atoms with Crippen LogP contribution in [-0.2, 0) is 16.1 Å². The summed E-state index contributed by atoms with van der Waals surface area (Å²) in [4.78, 5) is 32.2. The number of carbonyl (C=O) groups excluding carboxylic acids is 2. The molecule has 0 aromatic heterocycles. The van der Waals surface area contributed by atoms with E-state index in [0.717, 1.165) is 39.3 Å². The average molecular weight is 386 g/mol. The molecule has 3 saturated heterocycles. The van der Waals surface area contributed by atoms with Crippen LogP contribution in [0.1, 0.15) is 19.4 Å². The number of nitrogens with zero attached hydrogens (tertiary/aromatic N) is 3. The Morgan fingerprint density at radius 1 is 1.11 bits per heavy atom. The fraction of sp³-hybridized carbons (Fsp3) is 0.619. The molecule has 0 bridgehead atoms. The lowest BCUT2D eigenvalue weighted by Gasteiger charge is -2.43. The zero-order chi connectivity index (χ0) is 19.7. The molecule has 3 aliphatic rings. The van der Waals surface area contributed by atoms with Crippen molar-refractivity contribution in [3.05, 3.63) is 35.9 Å². The molecule has 28 heavy (non-hydrogen) atoms. The van der Waals surface area contributed by atoms with Crippen LogP contribution in [0.3, 0.4) is 0 Å². The molecule has 4 rings (SSSR count). The summed E-state index contributed by atoms with van der Waals surface area (Å²) < 4.78 is 0. The third-order valence-electron chi connectivity index (χ3n) is 6.41. The summed E-state index contributed by atoms with van der Waals surface area (Å²) in [6, 6.07) is 10.7. The van der Waals surface area contributed by atoms with E-state index in [9.17, 15) is 9.59 Å². The fourth-order valence-electron chi connectivity index (χ4n) is 4.64. The highest BCUT2D eigenvalue weighted by Gasteiger charge is 2.48.